The zero-order valence-corrected chi connectivity index (χ0v) is 12.4. The molecular weight excluding hydrogens is 280 g/mol. The summed E-state index contributed by atoms with van der Waals surface area (Å²) in [4.78, 5) is 12.1. The van der Waals surface area contributed by atoms with Gasteiger partial charge in [0.1, 0.15) is 0 Å². The van der Waals surface area contributed by atoms with Crippen molar-refractivity contribution >= 4 is 23.4 Å². The topological polar surface area (TPSA) is 41.1 Å². The second-order valence-corrected chi connectivity index (χ2v) is 6.50. The normalized spacial score (nSPS) is 19.1. The molecule has 0 bridgehead atoms. The number of benzene rings is 2. The van der Waals surface area contributed by atoms with E-state index < -0.39 is 0 Å². The number of anilines is 1. The van der Waals surface area contributed by atoms with Gasteiger partial charge in [-0.3, -0.25) is 10.1 Å². The van der Waals surface area contributed by atoms with Gasteiger partial charge in [-0.1, -0.05) is 30.3 Å². The van der Waals surface area contributed by atoms with Gasteiger partial charge >= 0.3 is 0 Å². The first kappa shape index (κ1) is 12.9. The zero-order chi connectivity index (χ0) is 14.2. The summed E-state index contributed by atoms with van der Waals surface area (Å²) in [6.07, 6.45) is 0.951. The maximum absolute atomic E-state index is 12.1. The second-order valence-electron chi connectivity index (χ2n) is 5.47. The number of rotatable bonds is 2. The molecule has 4 rings (SSSR count). The highest BCUT2D eigenvalue weighted by atomic mass is 32.2. The van der Waals surface area contributed by atoms with Crippen molar-refractivity contribution in [2.45, 2.75) is 12.5 Å². The van der Waals surface area contributed by atoms with E-state index in [2.05, 4.69) is 47.0 Å². The standard InChI is InChI=1S/C17H16N2OS/c20-17(16-9-21-10-18-16)19-13-5-6-15-12(8-13)7-11-3-1-2-4-14(11)15/h1-6,8,16,18H,7,9-10H2,(H,19,20). The smallest absolute Gasteiger partial charge is 0.242 e. The Morgan fingerprint density at radius 1 is 1.14 bits per heavy atom. The van der Waals surface area contributed by atoms with E-state index >= 15 is 0 Å². The Kier molecular flexibility index (Phi) is 3.20. The Morgan fingerprint density at radius 3 is 2.86 bits per heavy atom. The van der Waals surface area contributed by atoms with Crippen LogP contribution in [0.15, 0.2) is 42.5 Å². The molecule has 0 aromatic heterocycles. The van der Waals surface area contributed by atoms with Crippen LogP contribution in [0.2, 0.25) is 0 Å². The minimum atomic E-state index is -0.0690. The Bertz CT molecular complexity index is 708. The van der Waals surface area contributed by atoms with Crippen LogP contribution < -0.4 is 10.6 Å². The number of hydrogen-bond donors (Lipinski definition) is 2. The number of carbonyl (C=O) groups is 1. The molecule has 21 heavy (non-hydrogen) atoms. The quantitative estimate of drug-likeness (QED) is 0.764. The molecule has 106 valence electrons. The summed E-state index contributed by atoms with van der Waals surface area (Å²) in [5.41, 5.74) is 6.16. The molecule has 1 atom stereocenters. The average molecular weight is 296 g/mol. The fourth-order valence-electron chi connectivity index (χ4n) is 3.02. The Balaban J connectivity index is 1.57. The van der Waals surface area contributed by atoms with Gasteiger partial charge in [-0.05, 0) is 40.8 Å². The summed E-state index contributed by atoms with van der Waals surface area (Å²) < 4.78 is 0. The first-order chi connectivity index (χ1) is 10.3. The summed E-state index contributed by atoms with van der Waals surface area (Å²) in [6, 6.07) is 14.7. The van der Waals surface area contributed by atoms with E-state index in [1.54, 1.807) is 11.8 Å². The predicted octanol–water partition coefficient (Wildman–Crippen LogP) is 2.86. The Labute approximate surface area is 128 Å². The summed E-state index contributed by atoms with van der Waals surface area (Å²) in [5, 5.41) is 6.22. The molecule has 1 amide bonds. The summed E-state index contributed by atoms with van der Waals surface area (Å²) in [5.74, 6) is 1.77. The lowest BCUT2D eigenvalue weighted by Crippen LogP contribution is -2.37. The zero-order valence-electron chi connectivity index (χ0n) is 11.6. The first-order valence-electron chi connectivity index (χ1n) is 7.14. The first-order valence-corrected chi connectivity index (χ1v) is 8.30. The third kappa shape index (κ3) is 2.34. The molecule has 1 saturated heterocycles. The lowest BCUT2D eigenvalue weighted by molar-refractivity contribution is -0.117. The van der Waals surface area contributed by atoms with Crippen molar-refractivity contribution in [3.63, 3.8) is 0 Å². The molecule has 3 nitrogen and oxygen atoms in total. The van der Waals surface area contributed by atoms with Crippen LogP contribution in [0.25, 0.3) is 11.1 Å². The summed E-state index contributed by atoms with van der Waals surface area (Å²) in [7, 11) is 0. The number of hydrogen-bond acceptors (Lipinski definition) is 3. The van der Waals surface area contributed by atoms with Gasteiger partial charge < -0.3 is 5.32 Å². The third-order valence-electron chi connectivity index (χ3n) is 4.09. The molecule has 0 radical (unpaired) electrons. The van der Waals surface area contributed by atoms with Gasteiger partial charge in [-0.25, -0.2) is 0 Å². The van der Waals surface area contributed by atoms with Crippen LogP contribution in [0.5, 0.6) is 0 Å². The van der Waals surface area contributed by atoms with E-state index in [0.29, 0.717) is 0 Å². The predicted molar refractivity (Wildman–Crippen MR) is 87.6 cm³/mol. The van der Waals surface area contributed by atoms with Crippen LogP contribution in [0, 0.1) is 0 Å². The highest BCUT2D eigenvalue weighted by Crippen LogP contribution is 2.37. The molecule has 1 heterocycles. The van der Waals surface area contributed by atoms with Crippen molar-refractivity contribution in [2.75, 3.05) is 16.9 Å². The average Bonchev–Trinajstić information content (AvgIpc) is 3.14. The molecule has 0 spiro atoms. The van der Waals surface area contributed by atoms with E-state index in [1.165, 1.54) is 22.3 Å². The Morgan fingerprint density at radius 2 is 2.00 bits per heavy atom. The molecule has 1 unspecified atom stereocenters. The van der Waals surface area contributed by atoms with Crippen molar-refractivity contribution in [1.82, 2.24) is 5.32 Å². The largest absolute Gasteiger partial charge is 0.325 e. The van der Waals surface area contributed by atoms with Crippen LogP contribution >= 0.6 is 11.8 Å². The highest BCUT2D eigenvalue weighted by Gasteiger charge is 2.23. The lowest BCUT2D eigenvalue weighted by Gasteiger charge is -2.11. The van der Waals surface area contributed by atoms with E-state index in [0.717, 1.165) is 23.7 Å². The second kappa shape index (κ2) is 5.20. The van der Waals surface area contributed by atoms with Crippen molar-refractivity contribution in [1.29, 1.82) is 0 Å². The van der Waals surface area contributed by atoms with Gasteiger partial charge in [0.25, 0.3) is 0 Å². The number of thioether (sulfide) groups is 1. The van der Waals surface area contributed by atoms with Crippen molar-refractivity contribution in [2.24, 2.45) is 0 Å². The van der Waals surface area contributed by atoms with Crippen LogP contribution in [0.3, 0.4) is 0 Å². The number of amides is 1. The molecular formula is C17H16N2OS. The van der Waals surface area contributed by atoms with E-state index in [1.807, 2.05) is 6.07 Å². The van der Waals surface area contributed by atoms with Gasteiger partial charge in [0.15, 0.2) is 0 Å². The van der Waals surface area contributed by atoms with Gasteiger partial charge in [0, 0.05) is 17.3 Å². The number of fused-ring (bicyclic) bond motifs is 3. The fourth-order valence-corrected chi connectivity index (χ4v) is 3.96. The number of nitrogens with one attached hydrogen (secondary N) is 2. The molecule has 4 heteroatoms. The Hall–Kier alpha value is -1.78. The molecule has 2 aliphatic rings. The monoisotopic (exact) mass is 296 g/mol. The minimum Gasteiger partial charge on any atom is -0.325 e. The molecule has 1 fully saturated rings. The van der Waals surface area contributed by atoms with Crippen molar-refractivity contribution in [3.8, 4) is 11.1 Å². The van der Waals surface area contributed by atoms with Gasteiger partial charge in [0.2, 0.25) is 5.91 Å². The molecule has 2 aromatic rings. The molecule has 1 aliphatic heterocycles. The summed E-state index contributed by atoms with van der Waals surface area (Å²) >= 11 is 1.76. The lowest BCUT2D eigenvalue weighted by atomic mass is 10.1. The number of carbonyl (C=O) groups excluding carboxylic acids is 1. The van der Waals surface area contributed by atoms with E-state index in [4.69, 9.17) is 0 Å². The molecule has 0 saturated carbocycles. The van der Waals surface area contributed by atoms with Crippen molar-refractivity contribution in [3.05, 3.63) is 53.6 Å². The SMILES string of the molecule is O=C(Nc1ccc2c(c1)Cc1ccccc1-2)C1CSCN1. The molecule has 1 aliphatic carbocycles. The van der Waals surface area contributed by atoms with Crippen LogP contribution in [-0.2, 0) is 11.2 Å². The maximum Gasteiger partial charge on any atom is 0.242 e. The minimum absolute atomic E-state index is 0.0652. The van der Waals surface area contributed by atoms with Gasteiger partial charge in [0.05, 0.1) is 6.04 Å². The highest BCUT2D eigenvalue weighted by molar-refractivity contribution is 7.99. The van der Waals surface area contributed by atoms with Gasteiger partial charge in [-0.2, -0.15) is 0 Å². The van der Waals surface area contributed by atoms with E-state index in [9.17, 15) is 4.79 Å². The van der Waals surface area contributed by atoms with Crippen molar-refractivity contribution < 1.29 is 4.79 Å². The van der Waals surface area contributed by atoms with Crippen LogP contribution in [-0.4, -0.2) is 23.6 Å². The molecule has 2 aromatic carbocycles. The maximum atomic E-state index is 12.1. The van der Waals surface area contributed by atoms with Crippen LogP contribution in [0.4, 0.5) is 5.69 Å². The summed E-state index contributed by atoms with van der Waals surface area (Å²) in [6.45, 7) is 0. The third-order valence-corrected chi connectivity index (χ3v) is 5.03. The fraction of sp³-hybridized carbons (Fsp3) is 0.235. The van der Waals surface area contributed by atoms with E-state index in [-0.39, 0.29) is 11.9 Å². The van der Waals surface area contributed by atoms with Gasteiger partial charge in [-0.15, -0.1) is 11.8 Å². The van der Waals surface area contributed by atoms with Crippen LogP contribution in [0.1, 0.15) is 11.1 Å². The molecule has 2 N–H and O–H groups in total.